The van der Waals surface area contributed by atoms with Gasteiger partial charge in [0.2, 0.25) is 0 Å². The summed E-state index contributed by atoms with van der Waals surface area (Å²) in [6.07, 6.45) is 2.28. The topological polar surface area (TPSA) is 82.4 Å². The van der Waals surface area contributed by atoms with Gasteiger partial charge in [-0.25, -0.2) is 0 Å². The molecule has 1 heterocycles. The van der Waals surface area contributed by atoms with Crippen LogP contribution in [0.1, 0.15) is 40.0 Å². The molecular formula is C23H35NO5. The predicted octanol–water partition coefficient (Wildman–Crippen LogP) is 2.51. The van der Waals surface area contributed by atoms with Crippen LogP contribution in [0.2, 0.25) is 0 Å². The Kier molecular flexibility index (Phi) is 6.30. The van der Waals surface area contributed by atoms with Crippen LogP contribution in [0.15, 0.2) is 35.9 Å². The van der Waals surface area contributed by atoms with Crippen molar-refractivity contribution in [2.45, 2.75) is 69.5 Å². The van der Waals surface area contributed by atoms with E-state index in [2.05, 4.69) is 11.0 Å². The Morgan fingerprint density at radius 3 is 2.41 bits per heavy atom. The van der Waals surface area contributed by atoms with E-state index in [1.807, 2.05) is 38.1 Å². The summed E-state index contributed by atoms with van der Waals surface area (Å²) >= 11 is 0. The second kappa shape index (κ2) is 8.26. The van der Waals surface area contributed by atoms with E-state index in [9.17, 15) is 15.3 Å². The largest absolute Gasteiger partial charge is 0.497 e. The molecule has 29 heavy (non-hydrogen) atoms. The molecule has 1 aromatic rings. The highest BCUT2D eigenvalue weighted by Gasteiger charge is 2.63. The Balaban J connectivity index is 2.06. The summed E-state index contributed by atoms with van der Waals surface area (Å²) in [4.78, 5) is 2.10. The Hall–Kier alpha value is -1.60. The quantitative estimate of drug-likeness (QED) is 0.653. The van der Waals surface area contributed by atoms with Gasteiger partial charge in [0.25, 0.3) is 0 Å². The van der Waals surface area contributed by atoms with Crippen molar-refractivity contribution < 1.29 is 24.8 Å². The number of hydrogen-bond acceptors (Lipinski definition) is 6. The predicted molar refractivity (Wildman–Crippen MR) is 113 cm³/mol. The van der Waals surface area contributed by atoms with Crippen molar-refractivity contribution in [3.05, 3.63) is 35.9 Å². The molecule has 1 saturated carbocycles. The minimum Gasteiger partial charge on any atom is -0.497 e. The molecule has 1 aliphatic heterocycles. The van der Waals surface area contributed by atoms with E-state index in [0.717, 1.165) is 11.4 Å². The first kappa shape index (κ1) is 22.1. The maximum absolute atomic E-state index is 11.8. The Morgan fingerprint density at radius 1 is 1.21 bits per heavy atom. The molecule has 6 atom stereocenters. The van der Waals surface area contributed by atoms with Crippen LogP contribution in [0.3, 0.4) is 0 Å². The SMILES string of the molecule is COc1ccc(N2C[C@@]3(O)CC[C@@H](O)[C@@H](OC)[C@@H]3[C@@](C)(O)[C@@H]2CC=C(C)C)cc1. The van der Waals surface area contributed by atoms with E-state index >= 15 is 0 Å². The van der Waals surface area contributed by atoms with Crippen LogP contribution in [0.5, 0.6) is 5.75 Å². The molecule has 1 aliphatic carbocycles. The lowest BCUT2D eigenvalue weighted by Gasteiger charge is -2.61. The Morgan fingerprint density at radius 2 is 1.86 bits per heavy atom. The first-order valence-corrected chi connectivity index (χ1v) is 10.3. The van der Waals surface area contributed by atoms with E-state index in [4.69, 9.17) is 9.47 Å². The number of aliphatic hydroxyl groups is 3. The fraction of sp³-hybridized carbons (Fsp3) is 0.652. The zero-order valence-electron chi connectivity index (χ0n) is 18.1. The average molecular weight is 406 g/mol. The van der Waals surface area contributed by atoms with Crippen LogP contribution in [0.4, 0.5) is 5.69 Å². The van der Waals surface area contributed by atoms with Gasteiger partial charge in [-0.3, -0.25) is 0 Å². The number of anilines is 1. The minimum absolute atomic E-state index is 0.279. The zero-order valence-corrected chi connectivity index (χ0v) is 18.1. The molecule has 162 valence electrons. The molecule has 0 amide bonds. The molecule has 6 nitrogen and oxygen atoms in total. The van der Waals surface area contributed by atoms with Crippen molar-refractivity contribution in [2.75, 3.05) is 25.7 Å². The number of piperidine rings is 1. The number of allylic oxidation sites excluding steroid dienone is 1. The maximum atomic E-state index is 11.8. The molecule has 0 unspecified atom stereocenters. The second-order valence-electron chi connectivity index (χ2n) is 8.97. The van der Waals surface area contributed by atoms with Gasteiger partial charge in [-0.05, 0) is 64.3 Å². The van der Waals surface area contributed by atoms with Crippen molar-refractivity contribution in [2.24, 2.45) is 5.92 Å². The summed E-state index contributed by atoms with van der Waals surface area (Å²) in [5, 5.41) is 34.0. The van der Waals surface area contributed by atoms with E-state index in [0.29, 0.717) is 25.8 Å². The molecule has 1 aromatic carbocycles. The van der Waals surface area contributed by atoms with Crippen LogP contribution in [-0.4, -0.2) is 65.5 Å². The lowest BCUT2D eigenvalue weighted by atomic mass is 9.59. The molecule has 2 fully saturated rings. The summed E-state index contributed by atoms with van der Waals surface area (Å²) < 4.78 is 10.9. The highest BCUT2D eigenvalue weighted by Crippen LogP contribution is 2.50. The number of hydrogen-bond donors (Lipinski definition) is 3. The van der Waals surface area contributed by atoms with Gasteiger partial charge in [0, 0.05) is 25.3 Å². The molecule has 0 spiro atoms. The normalized spacial score (nSPS) is 37.0. The van der Waals surface area contributed by atoms with Gasteiger partial charge in [-0.2, -0.15) is 0 Å². The molecule has 2 aliphatic rings. The average Bonchev–Trinajstić information content (AvgIpc) is 2.67. The number of nitrogens with zero attached hydrogens (tertiary/aromatic N) is 1. The fourth-order valence-electron chi connectivity index (χ4n) is 5.28. The summed E-state index contributed by atoms with van der Waals surface area (Å²) in [5.74, 6) is 0.170. The van der Waals surface area contributed by atoms with E-state index in [-0.39, 0.29) is 6.04 Å². The fourth-order valence-corrected chi connectivity index (χ4v) is 5.28. The third-order valence-corrected chi connectivity index (χ3v) is 6.71. The number of fused-ring (bicyclic) bond motifs is 1. The highest BCUT2D eigenvalue weighted by molar-refractivity contribution is 5.52. The summed E-state index contributed by atoms with van der Waals surface area (Å²) in [7, 11) is 3.17. The first-order valence-electron chi connectivity index (χ1n) is 10.3. The monoisotopic (exact) mass is 405 g/mol. The molecule has 6 heteroatoms. The van der Waals surface area contributed by atoms with Crippen molar-refractivity contribution in [3.63, 3.8) is 0 Å². The van der Waals surface area contributed by atoms with Crippen LogP contribution in [0, 0.1) is 5.92 Å². The number of benzene rings is 1. The van der Waals surface area contributed by atoms with Gasteiger partial charge in [0.1, 0.15) is 5.75 Å². The number of ether oxygens (including phenoxy) is 2. The van der Waals surface area contributed by atoms with Crippen molar-refractivity contribution >= 4 is 5.69 Å². The minimum atomic E-state index is -1.28. The first-order chi connectivity index (χ1) is 13.6. The summed E-state index contributed by atoms with van der Waals surface area (Å²) in [5.41, 5.74) is -0.348. The molecule has 3 N–H and O–H groups in total. The summed E-state index contributed by atoms with van der Waals surface area (Å²) in [6.45, 7) is 6.21. The smallest absolute Gasteiger partial charge is 0.119 e. The Labute approximate surface area is 173 Å². The van der Waals surface area contributed by atoms with Gasteiger partial charge in [0.05, 0.1) is 36.6 Å². The van der Waals surface area contributed by atoms with Crippen LogP contribution in [-0.2, 0) is 4.74 Å². The molecular weight excluding hydrogens is 370 g/mol. The van der Waals surface area contributed by atoms with Crippen molar-refractivity contribution in [1.82, 2.24) is 0 Å². The lowest BCUT2D eigenvalue weighted by molar-refractivity contribution is -0.232. The van der Waals surface area contributed by atoms with Crippen molar-refractivity contribution in [1.29, 1.82) is 0 Å². The van der Waals surface area contributed by atoms with E-state index in [1.165, 1.54) is 12.7 Å². The molecule has 0 radical (unpaired) electrons. The van der Waals surface area contributed by atoms with Gasteiger partial charge in [-0.1, -0.05) is 11.6 Å². The maximum Gasteiger partial charge on any atom is 0.119 e. The van der Waals surface area contributed by atoms with E-state index < -0.39 is 29.3 Å². The third kappa shape index (κ3) is 4.04. The Bertz CT molecular complexity index is 727. The number of aliphatic hydroxyl groups excluding tert-OH is 1. The van der Waals surface area contributed by atoms with Gasteiger partial charge >= 0.3 is 0 Å². The van der Waals surface area contributed by atoms with Gasteiger partial charge in [0.15, 0.2) is 0 Å². The van der Waals surface area contributed by atoms with Gasteiger partial charge < -0.3 is 29.7 Å². The van der Waals surface area contributed by atoms with Crippen LogP contribution >= 0.6 is 0 Å². The number of methoxy groups -OCH3 is 2. The number of rotatable bonds is 5. The van der Waals surface area contributed by atoms with Crippen LogP contribution in [0.25, 0.3) is 0 Å². The van der Waals surface area contributed by atoms with Crippen molar-refractivity contribution in [3.8, 4) is 5.75 Å². The molecule has 0 bridgehead atoms. The molecule has 1 saturated heterocycles. The second-order valence-corrected chi connectivity index (χ2v) is 8.97. The third-order valence-electron chi connectivity index (χ3n) is 6.71. The van der Waals surface area contributed by atoms with Gasteiger partial charge in [-0.15, -0.1) is 0 Å². The number of β-amino-alcohol motifs (C(OH)–C–C–N with tert-alkyl or cyclic N) is 1. The lowest BCUT2D eigenvalue weighted by Crippen LogP contribution is -2.75. The molecule has 0 aromatic heterocycles. The molecule has 3 rings (SSSR count). The zero-order chi connectivity index (χ0) is 21.4. The standard InChI is InChI=1S/C23H35NO5/c1-15(2)6-11-19-22(3,26)21-20(29-5)18(25)12-13-23(21,27)14-24(19)16-7-9-17(28-4)10-8-16/h6-10,18-21,25-27H,11-14H2,1-5H3/t18-,19+,20-,21-,22+,23+/m1/s1. The highest BCUT2D eigenvalue weighted by atomic mass is 16.5. The van der Waals surface area contributed by atoms with Crippen LogP contribution < -0.4 is 9.64 Å². The summed E-state index contributed by atoms with van der Waals surface area (Å²) in [6, 6.07) is 7.42. The van der Waals surface area contributed by atoms with E-state index in [1.54, 1.807) is 14.0 Å².